The van der Waals surface area contributed by atoms with E-state index in [9.17, 15) is 0 Å². The van der Waals surface area contributed by atoms with Crippen LogP contribution in [0.4, 0.5) is 4.79 Å². The molecule has 0 aromatic rings. The van der Waals surface area contributed by atoms with Crippen molar-refractivity contribution in [3.05, 3.63) is 0 Å². The van der Waals surface area contributed by atoms with Gasteiger partial charge in [0.15, 0.2) is 0 Å². The zero-order valence-electron chi connectivity index (χ0n) is 4.39. The molecule has 0 aromatic heterocycles. The first-order valence-electron chi connectivity index (χ1n) is 0.697. The Hall–Kier alpha value is 0.150. The van der Waals surface area contributed by atoms with Crippen LogP contribution in [-0.4, -0.2) is 22.5 Å². The SMILES string of the molecule is NC(=O)[O-].O.O.O.[Na+]. The molecule has 0 unspecified atom stereocenters. The normalized spacial score (nSPS) is 3.00. The number of hydrogen-bond donors (Lipinski definition) is 1. The number of carbonyl (C=O) groups is 1. The summed E-state index contributed by atoms with van der Waals surface area (Å²) in [5, 5.41) is 8.67. The van der Waals surface area contributed by atoms with Gasteiger partial charge in [-0.15, -0.1) is 0 Å². The quantitative estimate of drug-likeness (QED) is 0.328. The molecule has 0 heterocycles. The molecule has 0 rings (SSSR count). The van der Waals surface area contributed by atoms with Crippen molar-refractivity contribution in [3.8, 4) is 0 Å². The van der Waals surface area contributed by atoms with Crippen molar-refractivity contribution in [1.82, 2.24) is 0 Å². The molecule has 0 radical (unpaired) electrons. The molecule has 0 fully saturated rings. The third-order valence-corrected chi connectivity index (χ3v) is 0. The predicted octanol–water partition coefficient (Wildman–Crippen LogP) is -7.18. The van der Waals surface area contributed by atoms with Gasteiger partial charge in [0.1, 0.15) is 6.09 Å². The van der Waals surface area contributed by atoms with Crippen LogP contribution in [0.1, 0.15) is 0 Å². The molecule has 0 aliphatic carbocycles. The third kappa shape index (κ3) is 7250. The van der Waals surface area contributed by atoms with Crippen LogP contribution in [0.25, 0.3) is 0 Å². The molecule has 0 aliphatic heterocycles. The average Bonchev–Trinajstić information content (AvgIpc) is 0.811. The van der Waals surface area contributed by atoms with E-state index in [4.69, 9.17) is 9.90 Å². The summed E-state index contributed by atoms with van der Waals surface area (Å²) in [6.07, 6.45) is -1.58. The maximum absolute atomic E-state index is 8.67. The summed E-state index contributed by atoms with van der Waals surface area (Å²) in [6.45, 7) is 0. The molecule has 6 nitrogen and oxygen atoms in total. The molecule has 0 saturated carbocycles. The first-order valence-corrected chi connectivity index (χ1v) is 0.697. The molecule has 8 heavy (non-hydrogen) atoms. The van der Waals surface area contributed by atoms with Gasteiger partial charge < -0.3 is 32.1 Å². The average molecular weight is 137 g/mol. The first-order chi connectivity index (χ1) is 1.73. The number of nitrogens with two attached hydrogens (primary N) is 1. The van der Waals surface area contributed by atoms with E-state index in [1.165, 1.54) is 0 Å². The smallest absolute Gasteiger partial charge is 0.530 e. The largest absolute Gasteiger partial charge is 1.00 e. The van der Waals surface area contributed by atoms with Crippen LogP contribution in [0.2, 0.25) is 0 Å². The topological polar surface area (TPSA) is 161 Å². The van der Waals surface area contributed by atoms with E-state index in [0.717, 1.165) is 0 Å². The second-order valence-corrected chi connectivity index (χ2v) is 0.319. The number of carbonyl (C=O) groups excluding carboxylic acids is 1. The second-order valence-electron chi connectivity index (χ2n) is 0.319. The van der Waals surface area contributed by atoms with Crippen LogP contribution < -0.4 is 40.4 Å². The predicted molar refractivity (Wildman–Crippen MR) is 20.4 cm³/mol. The third-order valence-electron chi connectivity index (χ3n) is 0. The van der Waals surface area contributed by atoms with Gasteiger partial charge in [-0.05, 0) is 0 Å². The van der Waals surface area contributed by atoms with Gasteiger partial charge >= 0.3 is 29.6 Å². The minimum Gasteiger partial charge on any atom is -0.530 e. The molecular formula is CH8NNaO5. The van der Waals surface area contributed by atoms with E-state index >= 15 is 0 Å². The van der Waals surface area contributed by atoms with Crippen LogP contribution in [0.5, 0.6) is 0 Å². The number of carboxylic acid groups (broad SMARTS) is 1. The molecule has 1 amide bonds. The van der Waals surface area contributed by atoms with Crippen LogP contribution in [0, 0.1) is 0 Å². The van der Waals surface area contributed by atoms with Gasteiger partial charge in [0.2, 0.25) is 0 Å². The fourth-order valence-electron chi connectivity index (χ4n) is 0. The van der Waals surface area contributed by atoms with Crippen LogP contribution in [0.3, 0.4) is 0 Å². The van der Waals surface area contributed by atoms with Crippen molar-refractivity contribution < 1.29 is 55.9 Å². The summed E-state index contributed by atoms with van der Waals surface area (Å²) in [6, 6.07) is 0. The number of rotatable bonds is 0. The van der Waals surface area contributed by atoms with Crippen LogP contribution in [-0.2, 0) is 0 Å². The number of hydrogen-bond acceptors (Lipinski definition) is 2. The standard InChI is InChI=1S/CH3NO2.Na.3H2O/c2-1(3)4;;;;/h2H2,(H,3,4);;3*1H2/q;+1;;;/p-1. The minimum atomic E-state index is -1.58. The Morgan fingerprint density at radius 1 is 1.25 bits per heavy atom. The zero-order valence-corrected chi connectivity index (χ0v) is 6.39. The molecule has 0 saturated heterocycles. The van der Waals surface area contributed by atoms with Crippen molar-refractivity contribution in [3.63, 3.8) is 0 Å². The fourth-order valence-corrected chi connectivity index (χ4v) is 0. The maximum Gasteiger partial charge on any atom is 1.00 e. The summed E-state index contributed by atoms with van der Waals surface area (Å²) >= 11 is 0. The molecule has 0 bridgehead atoms. The van der Waals surface area contributed by atoms with Gasteiger partial charge in [0, 0.05) is 0 Å². The van der Waals surface area contributed by atoms with Crippen molar-refractivity contribution in [2.24, 2.45) is 5.73 Å². The summed E-state index contributed by atoms with van der Waals surface area (Å²) in [4.78, 5) is 8.67. The summed E-state index contributed by atoms with van der Waals surface area (Å²) in [5.74, 6) is 0. The Labute approximate surface area is 67.9 Å². The number of amides is 1. The Morgan fingerprint density at radius 2 is 1.25 bits per heavy atom. The van der Waals surface area contributed by atoms with Gasteiger partial charge in [0.25, 0.3) is 0 Å². The number of primary amides is 1. The fraction of sp³-hybridized carbons (Fsp3) is 0. The zero-order chi connectivity index (χ0) is 3.58. The van der Waals surface area contributed by atoms with Gasteiger partial charge in [0.05, 0.1) is 0 Å². The van der Waals surface area contributed by atoms with Gasteiger partial charge in [-0.25, -0.2) is 0 Å². The maximum atomic E-state index is 8.67. The second kappa shape index (κ2) is 27.3. The first kappa shape index (κ1) is 42.0. The molecule has 8 N–H and O–H groups in total. The molecule has 48 valence electrons. The molecular weight excluding hydrogens is 129 g/mol. The van der Waals surface area contributed by atoms with Gasteiger partial charge in [-0.3, -0.25) is 0 Å². The molecule has 0 aliphatic rings. The van der Waals surface area contributed by atoms with Crippen molar-refractivity contribution in [2.45, 2.75) is 0 Å². The van der Waals surface area contributed by atoms with E-state index in [0.29, 0.717) is 0 Å². The Morgan fingerprint density at radius 3 is 1.25 bits per heavy atom. The van der Waals surface area contributed by atoms with Crippen molar-refractivity contribution in [1.29, 1.82) is 0 Å². The molecule has 7 heteroatoms. The Balaban J connectivity index is -0.00000000750. The summed E-state index contributed by atoms with van der Waals surface area (Å²) < 4.78 is 0. The van der Waals surface area contributed by atoms with E-state index in [-0.39, 0.29) is 46.0 Å². The van der Waals surface area contributed by atoms with Crippen molar-refractivity contribution in [2.75, 3.05) is 0 Å². The minimum absolute atomic E-state index is 0. The van der Waals surface area contributed by atoms with Crippen molar-refractivity contribution >= 4 is 6.09 Å². The molecule has 0 atom stereocenters. The van der Waals surface area contributed by atoms with Gasteiger partial charge in [-0.2, -0.15) is 0 Å². The van der Waals surface area contributed by atoms with Crippen LogP contribution >= 0.6 is 0 Å². The summed E-state index contributed by atoms with van der Waals surface area (Å²) in [5.41, 5.74) is 3.92. The van der Waals surface area contributed by atoms with Gasteiger partial charge in [-0.1, -0.05) is 0 Å². The Kier molecular flexibility index (Phi) is 143. The summed E-state index contributed by atoms with van der Waals surface area (Å²) in [7, 11) is 0. The monoisotopic (exact) mass is 137 g/mol. The van der Waals surface area contributed by atoms with E-state index < -0.39 is 6.09 Å². The van der Waals surface area contributed by atoms with Crippen LogP contribution in [0.15, 0.2) is 0 Å². The molecule has 0 aromatic carbocycles. The van der Waals surface area contributed by atoms with E-state index in [1.54, 1.807) is 0 Å². The van der Waals surface area contributed by atoms with E-state index in [2.05, 4.69) is 5.73 Å². The van der Waals surface area contributed by atoms with E-state index in [1.807, 2.05) is 0 Å². The Bertz CT molecular complexity index is 35.4. The molecule has 0 spiro atoms.